The van der Waals surface area contributed by atoms with Crippen LogP contribution in [0.25, 0.3) is 0 Å². The third-order valence-electron chi connectivity index (χ3n) is 24.0. The Hall–Kier alpha value is -9.00. The number of fused-ring (bicyclic) bond motifs is 10. The van der Waals surface area contributed by atoms with Gasteiger partial charge >= 0.3 is 11.9 Å². The lowest BCUT2D eigenvalue weighted by Gasteiger charge is -2.59. The first-order valence-electron chi connectivity index (χ1n) is 38.9. The van der Waals surface area contributed by atoms with Crippen molar-refractivity contribution in [2.45, 2.75) is 262 Å². The zero-order chi connectivity index (χ0) is 81.0. The van der Waals surface area contributed by atoms with Gasteiger partial charge in [-0.25, -0.2) is 0 Å². The maximum atomic E-state index is 12.9. The number of carbonyl (C=O) groups is 4. The Morgan fingerprint density at radius 2 is 0.864 bits per heavy atom. The van der Waals surface area contributed by atoms with Crippen LogP contribution in [0.1, 0.15) is 268 Å². The van der Waals surface area contributed by atoms with Gasteiger partial charge in [0.1, 0.15) is 12.2 Å². The number of aliphatic hydroxyl groups excluding tert-OH is 4. The number of hydrogen-bond donors (Lipinski definition) is 6. The molecule has 0 bridgehead atoms. The highest BCUT2D eigenvalue weighted by Gasteiger charge is 2.63. The first-order chi connectivity index (χ1) is 52.1. The summed E-state index contributed by atoms with van der Waals surface area (Å²) in [7, 11) is 0. The normalized spacial score (nSPS) is 28.1. The number of esters is 2. The lowest BCUT2D eigenvalue weighted by molar-refractivity contribution is -0.307. The molecule has 0 aromatic carbocycles. The summed E-state index contributed by atoms with van der Waals surface area (Å²) in [6.45, 7) is 26.7. The molecule has 8 aliphatic rings. The molecular weight excluding hydrogens is 1380 g/mol. The molecule has 0 aromatic heterocycles. The minimum absolute atomic E-state index is 0. The fourth-order valence-corrected chi connectivity index (χ4v) is 19.1. The van der Waals surface area contributed by atoms with E-state index in [1.165, 1.54) is 76.2 Å². The molecule has 8 rings (SSSR count). The monoisotopic (exact) mass is 1540 g/mol. The van der Waals surface area contributed by atoms with E-state index < -0.39 is 30.0 Å². The summed E-state index contributed by atoms with van der Waals surface area (Å²) in [6.07, 6.45) is 29.3. The van der Waals surface area contributed by atoms with E-state index in [4.69, 9.17) is 47.5 Å². The highest BCUT2D eigenvalue weighted by molar-refractivity contribution is 5.76. The van der Waals surface area contributed by atoms with Crippen molar-refractivity contribution >= 4 is 23.9 Å². The van der Waals surface area contributed by atoms with Crippen molar-refractivity contribution in [3.63, 3.8) is 0 Å². The molecule has 0 aliphatic heterocycles. The van der Waals surface area contributed by atoms with Crippen LogP contribution in [-0.4, -0.2) is 95.0 Å². The Morgan fingerprint density at radius 1 is 0.500 bits per heavy atom. The summed E-state index contributed by atoms with van der Waals surface area (Å²) in [4.78, 5) is 61.1. The molecule has 0 amide bonds. The molecule has 0 aromatic rings. The number of nitrogens with two attached hydrogens (primary N) is 2. The maximum Gasteiger partial charge on any atom is 0.306 e. The highest BCUT2D eigenvalue weighted by Crippen LogP contribution is 2.69. The standard InChI is InChI=1S/C35H54O8.C27H46O2.C27H4.2C2H7NO.CH4.O2.21H2/c1-21(2)7-6-8-22(3)25-9-10-26-33-27(16-18-35(25,26)5)34(4)17-15-24(42-31(40)13-11-29(36)37)19-23(34)20-28(33)43-32(41)14-12-30(38)39;1-17(2)7-6-8-18(3)21-9-10-22-25-23(12-14-27(21,22)5)26(4)13-11-20(28)15-19(26)16-24(25)29;1-3-5-7-9-11-13-15-17-19-21-23-25-27-26-24-22-20-18-16-14-12-10-8-6-4-2;2*3-1-2-4;;1-2;;;;;;;;;;;;;;;;;;;;;/h20-22,24-28,33H,6-19H2,1-5H3,(H,36,37)(H,38,39);16-18,20-25,28-29H,6-15H2,1-5H3;1H,2H3;2*4H,1-3H2;1H4;;21*1H/p-2/t;18-,20?,21?,22?,23?,24?,25?,26?,27?;;;;;;;;;;;;;;;;;;;;;;;;;;/m.1........................../s1. The van der Waals surface area contributed by atoms with Gasteiger partial charge in [0.05, 0.1) is 38.3 Å². The molecule has 6 saturated carbocycles. The van der Waals surface area contributed by atoms with E-state index in [1.54, 1.807) is 6.92 Å². The molecule has 634 valence electrons. The second-order valence-corrected chi connectivity index (χ2v) is 31.6. The molecule has 18 atom stereocenters. The number of hydrogen-bond acceptors (Lipinski definition) is 16. The lowest BCUT2D eigenvalue weighted by Crippen LogP contribution is -2.55. The van der Waals surface area contributed by atoms with E-state index in [2.05, 4.69) is 229 Å². The quantitative estimate of drug-likeness (QED) is 0.0375. The number of aliphatic hydroxyl groups is 4. The summed E-state index contributed by atoms with van der Waals surface area (Å²) in [5.41, 5.74) is 12.7. The van der Waals surface area contributed by atoms with Crippen LogP contribution in [0.15, 0.2) is 23.3 Å². The first kappa shape index (κ1) is 97.1. The van der Waals surface area contributed by atoms with Crippen molar-refractivity contribution in [1.82, 2.24) is 0 Å². The molecule has 16 heteroatoms. The van der Waals surface area contributed by atoms with Gasteiger partial charge in [-0.05, 0) is 291 Å². The van der Waals surface area contributed by atoms with Gasteiger partial charge in [0.2, 0.25) is 0 Å². The van der Waals surface area contributed by atoms with Gasteiger partial charge in [-0.1, -0.05) is 138 Å². The third-order valence-corrected chi connectivity index (χ3v) is 24.0. The fourth-order valence-electron chi connectivity index (χ4n) is 19.1. The van der Waals surface area contributed by atoms with Gasteiger partial charge in [-0.15, -0.1) is 6.42 Å². The summed E-state index contributed by atoms with van der Waals surface area (Å²) < 4.78 is 11.8. The van der Waals surface area contributed by atoms with E-state index in [9.17, 15) is 39.6 Å². The van der Waals surface area contributed by atoms with Crippen LogP contribution in [0.2, 0.25) is 0 Å². The zero-order valence-electron chi connectivity index (χ0n) is 66.3. The molecule has 8 aliphatic carbocycles. The van der Waals surface area contributed by atoms with Crippen molar-refractivity contribution in [3.8, 4) is 154 Å². The summed E-state index contributed by atoms with van der Waals surface area (Å²) in [6, 6.07) is 0. The van der Waals surface area contributed by atoms with Crippen molar-refractivity contribution in [1.29, 1.82) is 0 Å². The van der Waals surface area contributed by atoms with E-state index in [-0.39, 0.29) is 117 Å². The zero-order valence-corrected chi connectivity index (χ0v) is 66.3. The Balaban J connectivity index is -0.0000000704. The van der Waals surface area contributed by atoms with Crippen LogP contribution >= 0.6 is 0 Å². The smallest absolute Gasteiger partial charge is 0.306 e. The molecule has 0 spiro atoms. The second kappa shape index (κ2) is 51.5. The van der Waals surface area contributed by atoms with Crippen LogP contribution in [0.4, 0.5) is 0 Å². The molecule has 17 unspecified atom stereocenters. The minimum atomic E-state index is -1.28. The Kier molecular flexibility index (Phi) is 45.4. The van der Waals surface area contributed by atoms with Crippen molar-refractivity contribution in [2.75, 3.05) is 26.3 Å². The van der Waals surface area contributed by atoms with Crippen LogP contribution in [0.3, 0.4) is 0 Å². The van der Waals surface area contributed by atoms with Crippen LogP contribution in [-0.2, 0) is 28.7 Å². The molecule has 16 nitrogen and oxygen atoms in total. The number of carboxylic acid groups (broad SMARTS) is 2. The number of rotatable bonds is 20. The minimum Gasteiger partial charge on any atom is -0.550 e. The molecular formula is C94H162N2O14-2. The molecule has 0 heterocycles. The van der Waals surface area contributed by atoms with Crippen molar-refractivity contribution in [2.24, 2.45) is 104 Å². The average Bonchev–Trinajstić information content (AvgIpc) is 1.66. The van der Waals surface area contributed by atoms with E-state index >= 15 is 0 Å². The van der Waals surface area contributed by atoms with Gasteiger partial charge in [0.25, 0.3) is 0 Å². The van der Waals surface area contributed by atoms with Gasteiger partial charge in [-0.3, -0.25) is 9.59 Å². The molecule has 110 heavy (non-hydrogen) atoms. The van der Waals surface area contributed by atoms with Gasteiger partial charge in [-0.2, -0.15) is 0 Å². The van der Waals surface area contributed by atoms with Gasteiger partial charge < -0.3 is 61.2 Å². The number of aliphatic carboxylic acids is 2. The Morgan fingerprint density at radius 3 is 1.25 bits per heavy atom. The summed E-state index contributed by atoms with van der Waals surface area (Å²) in [5.74, 6) is 65.4. The van der Waals surface area contributed by atoms with Gasteiger partial charge in [0, 0.05) is 125 Å². The van der Waals surface area contributed by atoms with E-state index in [0.29, 0.717) is 78.7 Å². The molecule has 8 N–H and O–H groups in total. The van der Waals surface area contributed by atoms with E-state index in [0.717, 1.165) is 68.3 Å². The second-order valence-electron chi connectivity index (χ2n) is 31.6. The molecule has 0 saturated heterocycles. The Bertz CT molecular complexity index is 4050. The summed E-state index contributed by atoms with van der Waals surface area (Å²) in [5, 5.41) is 58.8. The third kappa shape index (κ3) is 30.3. The number of terminal acetylenes is 1. The maximum absolute atomic E-state index is 12.9. The predicted molar refractivity (Wildman–Crippen MR) is 475 cm³/mol. The average molecular weight is 1540 g/mol. The van der Waals surface area contributed by atoms with Crippen molar-refractivity contribution < 1.29 is 89.3 Å². The van der Waals surface area contributed by atoms with Crippen molar-refractivity contribution in [3.05, 3.63) is 33.2 Å². The summed E-state index contributed by atoms with van der Waals surface area (Å²) >= 11 is 0. The van der Waals surface area contributed by atoms with Gasteiger partial charge in [0.15, 0.2) is 0 Å². The SMILES string of the molecule is C.C#CC#CC#CC#CC#CC#CC#CC#CC#CC#CC#CC#CC#CC.CC(C)CCCC(C)C1CCC2C3C(OC(=O)CCC(=O)[O-])C=C4CC(OC(=O)CCC(=O)[O-])CCC4(C)C3CCC12C.CC(C)CCC[C@@H](C)C1CCC2C3C(O)C=C4CC(O)CCC4(C)C3CCC21C.NCCO.NCCO.O=O.[HH].[HH].[HH].[HH].[HH].[HH].[HH].[HH].[HH].[HH].[HH].[HH].[HH].[HH].[HH].[HH].[HH].[HH].[HH].[HH].[HH]. The fraction of sp³-hybridized carbons (Fsp3) is 0.638. The van der Waals surface area contributed by atoms with Crippen LogP contribution in [0, 0.1) is 257 Å². The topological polar surface area (TPSA) is 300 Å². The number of carbonyl (C=O) groups excluding carboxylic acids is 4. The first-order valence-corrected chi connectivity index (χ1v) is 38.9. The Labute approximate surface area is 691 Å². The van der Waals surface area contributed by atoms with E-state index in [1.807, 2.05) is 0 Å². The lowest BCUT2D eigenvalue weighted by atomic mass is 9.46. The highest BCUT2D eigenvalue weighted by atomic mass is 16.7. The number of carboxylic acids is 2. The largest absolute Gasteiger partial charge is 0.550 e. The van der Waals surface area contributed by atoms with Crippen LogP contribution < -0.4 is 21.7 Å². The number of ether oxygens (including phenoxy) is 2. The van der Waals surface area contributed by atoms with Crippen LogP contribution in [0.5, 0.6) is 0 Å². The predicted octanol–water partition coefficient (Wildman–Crippen LogP) is 15.3. The molecule has 6 fully saturated rings. The molecule has 0 radical (unpaired) electrons.